The van der Waals surface area contributed by atoms with E-state index < -0.39 is 4.92 Å². The normalized spacial score (nSPS) is 12.7. The van der Waals surface area contributed by atoms with Crippen LogP contribution in [0.3, 0.4) is 0 Å². The Hall–Kier alpha value is -3.65. The average molecular weight is 379 g/mol. The van der Waals surface area contributed by atoms with Crippen molar-refractivity contribution >= 4 is 11.4 Å². The van der Waals surface area contributed by atoms with Gasteiger partial charge >= 0.3 is 0 Å². The molecule has 1 aliphatic rings. The van der Waals surface area contributed by atoms with Gasteiger partial charge in [-0.05, 0) is 12.1 Å². The number of rotatable bonds is 6. The van der Waals surface area contributed by atoms with Crippen LogP contribution in [0.15, 0.2) is 61.7 Å². The van der Waals surface area contributed by atoms with Crippen molar-refractivity contribution in [3.05, 3.63) is 88.5 Å². The molecule has 1 aliphatic heterocycles. The number of benzene rings is 2. The van der Waals surface area contributed by atoms with Crippen LogP contribution in [0.25, 0.3) is 5.70 Å². The third-order valence-electron chi connectivity index (χ3n) is 4.38. The number of para-hydroxylation sites is 1. The first-order valence-electron chi connectivity index (χ1n) is 8.53. The molecule has 0 saturated carbocycles. The number of non-ortho nitro benzene ring substituents is 1. The van der Waals surface area contributed by atoms with Gasteiger partial charge in [0.2, 0.25) is 0 Å². The molecule has 28 heavy (non-hydrogen) atoms. The SMILES string of the molecule is C=C(c1ccccc1OCc1cc([N+](=O)[O-])cc2c1OCOC2)n1ccnc1. The van der Waals surface area contributed by atoms with E-state index in [0.29, 0.717) is 28.3 Å². The minimum absolute atomic E-state index is 0.0254. The van der Waals surface area contributed by atoms with Gasteiger partial charge in [0.05, 0.1) is 23.6 Å². The molecular weight excluding hydrogens is 362 g/mol. The fourth-order valence-corrected chi connectivity index (χ4v) is 3.04. The summed E-state index contributed by atoms with van der Waals surface area (Å²) < 4.78 is 18.6. The lowest BCUT2D eigenvalue weighted by Crippen LogP contribution is -2.14. The molecule has 4 rings (SSSR count). The summed E-state index contributed by atoms with van der Waals surface area (Å²) in [5, 5.41) is 11.3. The molecule has 2 aromatic carbocycles. The highest BCUT2D eigenvalue weighted by Gasteiger charge is 2.21. The maximum Gasteiger partial charge on any atom is 0.270 e. The Balaban J connectivity index is 1.63. The highest BCUT2D eigenvalue weighted by atomic mass is 16.7. The van der Waals surface area contributed by atoms with E-state index in [2.05, 4.69) is 11.6 Å². The standard InChI is InChI=1S/C20H17N3O5/c1-14(22-7-6-21-12-22)18-4-2-3-5-19(18)27-11-16-9-17(23(24)25)8-15-10-26-13-28-20(15)16/h2-9,12H,1,10-11,13H2. The minimum Gasteiger partial charge on any atom is -0.488 e. The fraction of sp³-hybridized carbons (Fsp3) is 0.150. The summed E-state index contributed by atoms with van der Waals surface area (Å²) in [5.41, 5.74) is 2.70. The van der Waals surface area contributed by atoms with Crippen LogP contribution in [0.4, 0.5) is 5.69 Å². The Morgan fingerprint density at radius 3 is 3.00 bits per heavy atom. The summed E-state index contributed by atoms with van der Waals surface area (Å²) in [7, 11) is 0. The van der Waals surface area contributed by atoms with Crippen LogP contribution >= 0.6 is 0 Å². The van der Waals surface area contributed by atoms with Crippen LogP contribution in [0.2, 0.25) is 0 Å². The van der Waals surface area contributed by atoms with E-state index in [-0.39, 0.29) is 25.7 Å². The number of hydrogen-bond acceptors (Lipinski definition) is 6. The summed E-state index contributed by atoms with van der Waals surface area (Å²) in [4.78, 5) is 14.8. The first kappa shape index (κ1) is 17.7. The number of ether oxygens (including phenoxy) is 3. The number of nitro benzene ring substituents is 1. The summed E-state index contributed by atoms with van der Waals surface area (Å²) >= 11 is 0. The van der Waals surface area contributed by atoms with Crippen molar-refractivity contribution in [3.8, 4) is 11.5 Å². The molecule has 0 N–H and O–H groups in total. The van der Waals surface area contributed by atoms with Gasteiger partial charge in [-0.1, -0.05) is 18.7 Å². The number of aromatic nitrogens is 2. The molecular formula is C20H17N3O5. The van der Waals surface area contributed by atoms with Gasteiger partial charge in [-0.2, -0.15) is 0 Å². The first-order chi connectivity index (χ1) is 13.6. The molecule has 0 amide bonds. The molecule has 2 heterocycles. The van der Waals surface area contributed by atoms with E-state index >= 15 is 0 Å². The lowest BCUT2D eigenvalue weighted by molar-refractivity contribution is -0.385. The van der Waals surface area contributed by atoms with Gasteiger partial charge in [-0.3, -0.25) is 10.1 Å². The Morgan fingerprint density at radius 2 is 2.21 bits per heavy atom. The smallest absolute Gasteiger partial charge is 0.270 e. The second kappa shape index (κ2) is 7.53. The molecule has 0 saturated heterocycles. The van der Waals surface area contributed by atoms with Crippen molar-refractivity contribution < 1.29 is 19.1 Å². The van der Waals surface area contributed by atoms with Crippen molar-refractivity contribution in [2.24, 2.45) is 0 Å². The van der Waals surface area contributed by atoms with Gasteiger partial charge in [-0.25, -0.2) is 4.98 Å². The van der Waals surface area contributed by atoms with Crippen LogP contribution in [0.1, 0.15) is 16.7 Å². The molecule has 0 spiro atoms. The highest BCUT2D eigenvalue weighted by Crippen LogP contribution is 2.34. The average Bonchev–Trinajstić information content (AvgIpc) is 3.26. The zero-order valence-corrected chi connectivity index (χ0v) is 14.9. The van der Waals surface area contributed by atoms with E-state index in [1.807, 2.05) is 24.3 Å². The molecule has 0 unspecified atom stereocenters. The quantitative estimate of drug-likeness (QED) is 0.479. The van der Waals surface area contributed by atoms with E-state index in [1.54, 1.807) is 23.3 Å². The van der Waals surface area contributed by atoms with E-state index in [0.717, 1.165) is 5.56 Å². The predicted molar refractivity (Wildman–Crippen MR) is 101 cm³/mol. The van der Waals surface area contributed by atoms with E-state index in [1.165, 1.54) is 12.1 Å². The molecule has 0 fully saturated rings. The molecule has 8 nitrogen and oxygen atoms in total. The van der Waals surface area contributed by atoms with Gasteiger partial charge in [-0.15, -0.1) is 0 Å². The van der Waals surface area contributed by atoms with Crippen molar-refractivity contribution in [2.45, 2.75) is 13.2 Å². The molecule has 0 radical (unpaired) electrons. The number of nitro groups is 1. The van der Waals surface area contributed by atoms with Crippen molar-refractivity contribution in [3.63, 3.8) is 0 Å². The third kappa shape index (κ3) is 3.45. The third-order valence-corrected chi connectivity index (χ3v) is 4.38. The van der Waals surface area contributed by atoms with Crippen LogP contribution < -0.4 is 9.47 Å². The molecule has 3 aromatic rings. The lowest BCUT2D eigenvalue weighted by atomic mass is 10.1. The zero-order chi connectivity index (χ0) is 19.5. The first-order valence-corrected chi connectivity index (χ1v) is 8.53. The van der Waals surface area contributed by atoms with E-state index in [9.17, 15) is 10.1 Å². The zero-order valence-electron chi connectivity index (χ0n) is 14.9. The largest absolute Gasteiger partial charge is 0.488 e. The van der Waals surface area contributed by atoms with Crippen molar-refractivity contribution in [2.75, 3.05) is 6.79 Å². The topological polar surface area (TPSA) is 88.7 Å². The highest BCUT2D eigenvalue weighted by molar-refractivity contribution is 5.68. The summed E-state index contributed by atoms with van der Waals surface area (Å²) in [5.74, 6) is 1.18. The van der Waals surface area contributed by atoms with Gasteiger partial charge < -0.3 is 18.8 Å². The summed E-state index contributed by atoms with van der Waals surface area (Å²) in [6, 6.07) is 10.4. The van der Waals surface area contributed by atoms with Crippen LogP contribution in [-0.4, -0.2) is 21.3 Å². The molecule has 1 aromatic heterocycles. The van der Waals surface area contributed by atoms with Crippen molar-refractivity contribution in [1.82, 2.24) is 9.55 Å². The lowest BCUT2D eigenvalue weighted by Gasteiger charge is -2.21. The number of hydrogen-bond donors (Lipinski definition) is 0. The maximum absolute atomic E-state index is 11.3. The van der Waals surface area contributed by atoms with Gasteiger partial charge in [0.25, 0.3) is 5.69 Å². The molecule has 0 atom stereocenters. The maximum atomic E-state index is 11.3. The Labute approximate surface area is 160 Å². The number of fused-ring (bicyclic) bond motifs is 1. The Bertz CT molecular complexity index is 1030. The monoisotopic (exact) mass is 379 g/mol. The Morgan fingerprint density at radius 1 is 1.36 bits per heavy atom. The van der Waals surface area contributed by atoms with Gasteiger partial charge in [0.15, 0.2) is 6.79 Å². The summed E-state index contributed by atoms with van der Waals surface area (Å²) in [6.07, 6.45) is 5.12. The molecule has 0 aliphatic carbocycles. The second-order valence-corrected chi connectivity index (χ2v) is 6.16. The van der Waals surface area contributed by atoms with Crippen LogP contribution in [0.5, 0.6) is 11.5 Å². The molecule has 8 heteroatoms. The van der Waals surface area contributed by atoms with Crippen LogP contribution in [0, 0.1) is 10.1 Å². The minimum atomic E-state index is -0.437. The van der Waals surface area contributed by atoms with Gasteiger partial charge in [0, 0.05) is 41.2 Å². The second-order valence-electron chi connectivity index (χ2n) is 6.16. The fourth-order valence-electron chi connectivity index (χ4n) is 3.04. The number of nitrogens with zero attached hydrogens (tertiary/aromatic N) is 3. The van der Waals surface area contributed by atoms with Crippen molar-refractivity contribution in [1.29, 1.82) is 0 Å². The van der Waals surface area contributed by atoms with Gasteiger partial charge in [0.1, 0.15) is 18.1 Å². The number of imidazole rings is 1. The molecule has 0 bridgehead atoms. The molecule has 142 valence electrons. The predicted octanol–water partition coefficient (Wildman–Crippen LogP) is 3.76. The Kier molecular flexibility index (Phi) is 4.77. The van der Waals surface area contributed by atoms with E-state index in [4.69, 9.17) is 14.2 Å². The van der Waals surface area contributed by atoms with Crippen LogP contribution in [-0.2, 0) is 18.0 Å². The summed E-state index contributed by atoms with van der Waals surface area (Å²) in [6.45, 7) is 4.58.